The van der Waals surface area contributed by atoms with Gasteiger partial charge in [0.05, 0.1) is 5.56 Å². The second-order valence-electron chi connectivity index (χ2n) is 9.22. The van der Waals surface area contributed by atoms with Crippen molar-refractivity contribution in [2.75, 3.05) is 11.9 Å². The van der Waals surface area contributed by atoms with Crippen molar-refractivity contribution >= 4 is 34.5 Å². The molecule has 4 heterocycles. The van der Waals surface area contributed by atoms with Gasteiger partial charge in [-0.05, 0) is 43.9 Å². The Balaban J connectivity index is 1.54. The summed E-state index contributed by atoms with van der Waals surface area (Å²) in [4.78, 5) is 53.0. The number of carbonyl (C=O) groups excluding carboxylic acids is 2. The molecular weight excluding hydrogens is 432 g/mol. The largest absolute Gasteiger partial charge is 0.338 e. The number of anilines is 2. The van der Waals surface area contributed by atoms with Crippen LogP contribution in [0.2, 0.25) is 0 Å². The highest BCUT2D eigenvalue weighted by atomic mass is 16.2. The number of hydrogen-bond donors (Lipinski definition) is 1. The smallest absolute Gasteiger partial charge is 0.263 e. The Labute approximate surface area is 197 Å². The molecule has 5 rings (SSSR count). The number of fused-ring (bicyclic) bond motifs is 2. The van der Waals surface area contributed by atoms with Gasteiger partial charge in [-0.25, -0.2) is 9.97 Å². The molecule has 9 heteroatoms. The van der Waals surface area contributed by atoms with Crippen LogP contribution in [0.1, 0.15) is 72.8 Å². The number of aromatic nitrogens is 4. The molecule has 9 nitrogen and oxygen atoms in total. The quantitative estimate of drug-likeness (QED) is 0.594. The van der Waals surface area contributed by atoms with E-state index < -0.39 is 0 Å². The first kappa shape index (κ1) is 22.2. The molecule has 1 amide bonds. The van der Waals surface area contributed by atoms with Gasteiger partial charge in [0.15, 0.2) is 5.78 Å². The fourth-order valence-corrected chi connectivity index (χ4v) is 5.18. The van der Waals surface area contributed by atoms with E-state index in [9.17, 15) is 14.4 Å². The number of nitrogens with one attached hydrogen (secondary N) is 1. The molecule has 0 saturated heterocycles. The number of aryl methyl sites for hydroxylation is 1. The fourth-order valence-electron chi connectivity index (χ4n) is 5.18. The average molecular weight is 461 g/mol. The first-order chi connectivity index (χ1) is 16.3. The number of nitrogens with zero attached hydrogens (tertiary/aromatic N) is 5. The van der Waals surface area contributed by atoms with Crippen LogP contribution in [-0.4, -0.2) is 42.7 Å². The molecule has 3 aromatic heterocycles. The summed E-state index contributed by atoms with van der Waals surface area (Å²) in [5.74, 6) is 0.789. The lowest BCUT2D eigenvalue weighted by atomic mass is 10.0. The van der Waals surface area contributed by atoms with Gasteiger partial charge < -0.3 is 10.2 Å². The minimum absolute atomic E-state index is 0.0301. The number of ketones is 1. The van der Waals surface area contributed by atoms with Crippen LogP contribution in [0.3, 0.4) is 0 Å². The molecular formula is C25H28N6O3. The van der Waals surface area contributed by atoms with Crippen LogP contribution in [0.5, 0.6) is 0 Å². The second-order valence-corrected chi connectivity index (χ2v) is 9.22. The molecule has 1 N–H and O–H groups in total. The zero-order valence-electron chi connectivity index (χ0n) is 19.7. The molecule has 1 fully saturated rings. The molecule has 3 aromatic rings. The summed E-state index contributed by atoms with van der Waals surface area (Å²) in [6.07, 6.45) is 6.27. The predicted molar refractivity (Wildman–Crippen MR) is 128 cm³/mol. The van der Waals surface area contributed by atoms with Crippen LogP contribution in [0, 0.1) is 6.92 Å². The molecule has 0 aromatic carbocycles. The van der Waals surface area contributed by atoms with Gasteiger partial charge in [-0.2, -0.15) is 4.98 Å². The maximum Gasteiger partial charge on any atom is 0.263 e. The van der Waals surface area contributed by atoms with E-state index in [0.29, 0.717) is 47.9 Å². The Morgan fingerprint density at radius 1 is 1.12 bits per heavy atom. The highest BCUT2D eigenvalue weighted by Gasteiger charge is 2.26. The van der Waals surface area contributed by atoms with E-state index in [4.69, 9.17) is 9.97 Å². The molecule has 2 aliphatic rings. The number of carbonyl (C=O) groups is 2. The van der Waals surface area contributed by atoms with E-state index >= 15 is 0 Å². The van der Waals surface area contributed by atoms with E-state index in [2.05, 4.69) is 10.3 Å². The van der Waals surface area contributed by atoms with Gasteiger partial charge in [0.2, 0.25) is 11.9 Å². The summed E-state index contributed by atoms with van der Waals surface area (Å²) >= 11 is 0. The van der Waals surface area contributed by atoms with E-state index in [1.807, 2.05) is 17.0 Å². The molecule has 1 aliphatic carbocycles. The van der Waals surface area contributed by atoms with Gasteiger partial charge in [-0.3, -0.25) is 19.0 Å². The molecule has 1 aliphatic heterocycles. The average Bonchev–Trinajstić information content (AvgIpc) is 3.33. The Kier molecular flexibility index (Phi) is 5.63. The van der Waals surface area contributed by atoms with Gasteiger partial charge in [0, 0.05) is 49.8 Å². The molecule has 1 saturated carbocycles. The molecule has 0 unspecified atom stereocenters. The molecule has 0 spiro atoms. The maximum atomic E-state index is 13.4. The van der Waals surface area contributed by atoms with E-state index in [0.717, 1.165) is 36.9 Å². The summed E-state index contributed by atoms with van der Waals surface area (Å²) in [6.45, 7) is 6.01. The Hall–Kier alpha value is -3.62. The molecule has 0 bridgehead atoms. The van der Waals surface area contributed by atoms with Gasteiger partial charge in [-0.15, -0.1) is 0 Å². The lowest BCUT2D eigenvalue weighted by Crippen LogP contribution is -2.34. The predicted octanol–water partition coefficient (Wildman–Crippen LogP) is 3.46. The summed E-state index contributed by atoms with van der Waals surface area (Å²) in [6, 6.07) is 3.85. The van der Waals surface area contributed by atoms with Crippen molar-refractivity contribution in [2.45, 2.75) is 65.5 Å². The monoisotopic (exact) mass is 460 g/mol. The van der Waals surface area contributed by atoms with Crippen LogP contribution in [-0.2, 0) is 17.8 Å². The highest BCUT2D eigenvalue weighted by molar-refractivity contribution is 5.99. The number of Topliss-reactive ketones (excluding diaryl/α,β-unsaturated/α-hetero) is 1. The molecule has 176 valence electrons. The second kappa shape index (κ2) is 8.62. The van der Waals surface area contributed by atoms with Crippen molar-refractivity contribution in [2.24, 2.45) is 0 Å². The summed E-state index contributed by atoms with van der Waals surface area (Å²) in [7, 11) is 0. The lowest BCUT2D eigenvalue weighted by Gasteiger charge is -2.27. The van der Waals surface area contributed by atoms with Crippen molar-refractivity contribution < 1.29 is 9.59 Å². The van der Waals surface area contributed by atoms with Crippen LogP contribution >= 0.6 is 0 Å². The van der Waals surface area contributed by atoms with Crippen molar-refractivity contribution in [1.82, 2.24) is 24.4 Å². The highest BCUT2D eigenvalue weighted by Crippen LogP contribution is 2.32. The van der Waals surface area contributed by atoms with E-state index in [-0.39, 0.29) is 28.9 Å². The van der Waals surface area contributed by atoms with Crippen molar-refractivity contribution in [3.05, 3.63) is 51.1 Å². The number of rotatable bonds is 4. The fraction of sp³-hybridized carbons (Fsp3) is 0.440. The van der Waals surface area contributed by atoms with Gasteiger partial charge in [-0.1, -0.05) is 18.9 Å². The minimum atomic E-state index is -0.268. The van der Waals surface area contributed by atoms with Crippen molar-refractivity contribution in [3.8, 4) is 0 Å². The number of pyridine rings is 2. The zero-order chi connectivity index (χ0) is 24.0. The standard InChI is InChI=1S/C25H28N6O3/c1-14-19-12-26-25(28-21-9-8-17-13-30(16(3)33)11-10-20(17)27-21)29-23(19)31(18-6-4-5-7-18)24(34)22(14)15(2)32/h8-9,12,18H,4-7,10-11,13H2,1-3H3,(H,26,27,28,29). The topological polar surface area (TPSA) is 110 Å². The van der Waals surface area contributed by atoms with Gasteiger partial charge >= 0.3 is 0 Å². The third kappa shape index (κ3) is 3.85. The summed E-state index contributed by atoms with van der Waals surface area (Å²) in [5.41, 5.74) is 3.11. The first-order valence-electron chi connectivity index (χ1n) is 11.8. The van der Waals surface area contributed by atoms with Crippen LogP contribution < -0.4 is 10.9 Å². The third-order valence-corrected chi connectivity index (χ3v) is 6.98. The first-order valence-corrected chi connectivity index (χ1v) is 11.8. The van der Waals surface area contributed by atoms with Crippen LogP contribution in [0.15, 0.2) is 23.1 Å². The maximum absolute atomic E-state index is 13.4. The van der Waals surface area contributed by atoms with Crippen molar-refractivity contribution in [3.63, 3.8) is 0 Å². The van der Waals surface area contributed by atoms with Gasteiger partial charge in [0.1, 0.15) is 11.5 Å². The van der Waals surface area contributed by atoms with Crippen LogP contribution in [0.4, 0.5) is 11.8 Å². The Bertz CT molecular complexity index is 1370. The summed E-state index contributed by atoms with van der Waals surface area (Å²) < 4.78 is 1.70. The van der Waals surface area contributed by atoms with Crippen LogP contribution in [0.25, 0.3) is 11.0 Å². The third-order valence-electron chi connectivity index (χ3n) is 6.98. The lowest BCUT2D eigenvalue weighted by molar-refractivity contribution is -0.129. The molecule has 34 heavy (non-hydrogen) atoms. The number of amides is 1. The Morgan fingerprint density at radius 2 is 1.88 bits per heavy atom. The SMILES string of the molecule is CC(=O)c1c(C)c2cnc(Nc3ccc4c(n3)CCN(C(C)=O)C4)nc2n(C2CCCC2)c1=O. The Morgan fingerprint density at radius 3 is 2.59 bits per heavy atom. The number of hydrogen-bond acceptors (Lipinski definition) is 7. The minimum Gasteiger partial charge on any atom is -0.338 e. The summed E-state index contributed by atoms with van der Waals surface area (Å²) in [5, 5.41) is 3.89. The van der Waals surface area contributed by atoms with E-state index in [1.54, 1.807) is 24.6 Å². The molecule has 0 radical (unpaired) electrons. The van der Waals surface area contributed by atoms with E-state index in [1.165, 1.54) is 6.92 Å². The van der Waals surface area contributed by atoms with Crippen molar-refractivity contribution in [1.29, 1.82) is 0 Å². The molecule has 0 atom stereocenters. The van der Waals surface area contributed by atoms with Gasteiger partial charge in [0.25, 0.3) is 5.56 Å². The normalized spacial score (nSPS) is 16.0. The zero-order valence-corrected chi connectivity index (χ0v) is 19.7.